The Labute approximate surface area is 151 Å². The van der Waals surface area contributed by atoms with E-state index in [4.69, 9.17) is 20.9 Å². The molecule has 6 nitrogen and oxygen atoms in total. The van der Waals surface area contributed by atoms with Crippen molar-refractivity contribution in [2.45, 2.75) is 33.1 Å². The monoisotopic (exact) mass is 390 g/mol. The second-order valence-corrected chi connectivity index (χ2v) is 5.86. The number of nitrogens with one attached hydrogen (secondary N) is 1. The number of aromatic nitrogens is 1. The lowest BCUT2D eigenvalue weighted by molar-refractivity contribution is -0.137. The molecule has 0 saturated carbocycles. The normalized spacial score (nSPS) is 12.6. The first-order chi connectivity index (χ1) is 12.0. The van der Waals surface area contributed by atoms with Crippen LogP contribution < -0.4 is 5.32 Å². The van der Waals surface area contributed by atoms with Gasteiger partial charge in [-0.1, -0.05) is 16.8 Å². The molecule has 2 aromatic rings. The Morgan fingerprint density at radius 3 is 2.50 bits per heavy atom. The molecule has 1 amide bonds. The fraction of sp³-hybridized carbons (Fsp3) is 0.312. The number of carbonyl (C=O) groups excluding carboxylic acids is 2. The number of carbonyl (C=O) groups is 2. The number of rotatable bonds is 4. The molecule has 0 unspecified atom stereocenters. The van der Waals surface area contributed by atoms with Crippen LogP contribution in [0, 0.1) is 13.8 Å². The molecule has 0 bridgehead atoms. The Balaban J connectivity index is 2.14. The SMILES string of the molecule is Cc1noc(C)c1C(=O)O[C@@H](C)C(=O)Nc1ccc(Cl)cc1C(F)(F)F. The zero-order valence-corrected chi connectivity index (χ0v) is 14.7. The van der Waals surface area contributed by atoms with Crippen LogP contribution in [0.1, 0.15) is 34.3 Å². The van der Waals surface area contributed by atoms with E-state index in [0.29, 0.717) is 6.07 Å². The predicted molar refractivity (Wildman–Crippen MR) is 85.9 cm³/mol. The third-order valence-corrected chi connectivity index (χ3v) is 3.67. The van der Waals surface area contributed by atoms with Crippen molar-refractivity contribution >= 4 is 29.2 Å². The summed E-state index contributed by atoms with van der Waals surface area (Å²) in [6.07, 6.45) is -6.07. The van der Waals surface area contributed by atoms with Crippen LogP contribution in [0.2, 0.25) is 5.02 Å². The Kier molecular flexibility index (Phi) is 5.60. The minimum Gasteiger partial charge on any atom is -0.449 e. The van der Waals surface area contributed by atoms with E-state index in [1.165, 1.54) is 26.8 Å². The van der Waals surface area contributed by atoms with Crippen LogP contribution >= 0.6 is 11.6 Å². The molecule has 0 saturated heterocycles. The molecule has 1 aromatic carbocycles. The van der Waals surface area contributed by atoms with Gasteiger partial charge in [0.15, 0.2) is 6.10 Å². The first-order valence-electron chi connectivity index (χ1n) is 7.32. The van der Waals surface area contributed by atoms with Gasteiger partial charge >= 0.3 is 12.1 Å². The summed E-state index contributed by atoms with van der Waals surface area (Å²) in [4.78, 5) is 24.2. The number of esters is 1. The summed E-state index contributed by atoms with van der Waals surface area (Å²) in [7, 11) is 0. The average Bonchev–Trinajstić information content (AvgIpc) is 2.86. The number of hydrogen-bond donors (Lipinski definition) is 1. The molecule has 1 N–H and O–H groups in total. The van der Waals surface area contributed by atoms with Crippen molar-refractivity contribution in [2.75, 3.05) is 5.32 Å². The fourth-order valence-electron chi connectivity index (χ4n) is 2.14. The van der Waals surface area contributed by atoms with Gasteiger partial charge in [-0.25, -0.2) is 4.79 Å². The van der Waals surface area contributed by atoms with Crippen molar-refractivity contribution in [2.24, 2.45) is 0 Å². The molecule has 140 valence electrons. The summed E-state index contributed by atoms with van der Waals surface area (Å²) in [6, 6.07) is 2.91. The number of anilines is 1. The summed E-state index contributed by atoms with van der Waals surface area (Å²) in [5.74, 6) is -1.59. The van der Waals surface area contributed by atoms with Gasteiger partial charge in [-0.2, -0.15) is 13.2 Å². The maximum Gasteiger partial charge on any atom is 0.418 e. The molecular weight excluding hydrogens is 377 g/mol. The Bertz CT molecular complexity index is 829. The van der Waals surface area contributed by atoms with Crippen LogP contribution in [0.3, 0.4) is 0 Å². The fourth-order valence-corrected chi connectivity index (χ4v) is 2.31. The minimum absolute atomic E-state index is 0.0622. The van der Waals surface area contributed by atoms with Gasteiger partial charge < -0.3 is 14.6 Å². The number of halogens is 4. The zero-order chi connectivity index (χ0) is 19.6. The van der Waals surface area contributed by atoms with Crippen LogP contribution in [0.5, 0.6) is 0 Å². The number of amides is 1. The molecule has 0 aliphatic heterocycles. The largest absolute Gasteiger partial charge is 0.449 e. The number of alkyl halides is 3. The average molecular weight is 391 g/mol. The van der Waals surface area contributed by atoms with Crippen LogP contribution in [0.4, 0.5) is 18.9 Å². The van der Waals surface area contributed by atoms with Crippen molar-refractivity contribution in [3.05, 3.63) is 45.8 Å². The lowest BCUT2D eigenvalue weighted by Gasteiger charge is -2.17. The van der Waals surface area contributed by atoms with Crippen molar-refractivity contribution in [1.82, 2.24) is 5.16 Å². The third kappa shape index (κ3) is 4.34. The van der Waals surface area contributed by atoms with Crippen LogP contribution in [0.15, 0.2) is 22.7 Å². The summed E-state index contributed by atoms with van der Waals surface area (Å²) in [5, 5.41) is 5.55. The molecular formula is C16H14ClF3N2O4. The van der Waals surface area contributed by atoms with E-state index >= 15 is 0 Å². The van der Waals surface area contributed by atoms with Gasteiger partial charge in [0, 0.05) is 5.02 Å². The van der Waals surface area contributed by atoms with Crippen molar-refractivity contribution in [3.8, 4) is 0 Å². The predicted octanol–water partition coefficient (Wildman–Crippen LogP) is 4.15. The highest BCUT2D eigenvalue weighted by Crippen LogP contribution is 2.36. The van der Waals surface area contributed by atoms with E-state index in [9.17, 15) is 22.8 Å². The maximum absolute atomic E-state index is 13.1. The standard InChI is InChI=1S/C16H14ClF3N2O4/c1-7-13(8(2)26-22-7)15(24)25-9(3)14(23)21-12-5-4-10(17)6-11(12)16(18,19)20/h4-6,9H,1-3H3,(H,21,23)/t9-/m0/s1. The van der Waals surface area contributed by atoms with E-state index in [0.717, 1.165) is 6.07 Å². The Morgan fingerprint density at radius 2 is 1.96 bits per heavy atom. The molecule has 2 rings (SSSR count). The van der Waals surface area contributed by atoms with Gasteiger partial charge in [0.1, 0.15) is 11.3 Å². The Morgan fingerprint density at radius 1 is 1.31 bits per heavy atom. The Hall–Kier alpha value is -2.55. The number of benzene rings is 1. The first-order valence-corrected chi connectivity index (χ1v) is 7.70. The third-order valence-electron chi connectivity index (χ3n) is 3.44. The molecule has 0 radical (unpaired) electrons. The molecule has 0 spiro atoms. The topological polar surface area (TPSA) is 81.4 Å². The molecule has 1 atom stereocenters. The molecule has 0 aliphatic carbocycles. The van der Waals surface area contributed by atoms with E-state index in [-0.39, 0.29) is 22.0 Å². The minimum atomic E-state index is -4.72. The van der Waals surface area contributed by atoms with E-state index in [1.54, 1.807) is 0 Å². The summed E-state index contributed by atoms with van der Waals surface area (Å²) >= 11 is 5.58. The highest BCUT2D eigenvalue weighted by molar-refractivity contribution is 6.30. The molecule has 1 aromatic heterocycles. The van der Waals surface area contributed by atoms with Crippen molar-refractivity contribution in [1.29, 1.82) is 0 Å². The van der Waals surface area contributed by atoms with Crippen molar-refractivity contribution in [3.63, 3.8) is 0 Å². The van der Waals surface area contributed by atoms with Crippen LogP contribution in [-0.2, 0) is 15.7 Å². The summed E-state index contributed by atoms with van der Waals surface area (Å²) in [5.41, 5.74) is -1.26. The molecule has 1 heterocycles. The highest BCUT2D eigenvalue weighted by atomic mass is 35.5. The lowest BCUT2D eigenvalue weighted by atomic mass is 10.1. The van der Waals surface area contributed by atoms with E-state index < -0.39 is 35.4 Å². The molecule has 0 aliphatic rings. The zero-order valence-electron chi connectivity index (χ0n) is 13.9. The quantitative estimate of drug-likeness (QED) is 0.793. The van der Waals surface area contributed by atoms with E-state index in [1.807, 2.05) is 0 Å². The summed E-state index contributed by atoms with van der Waals surface area (Å²) < 4.78 is 49.0. The molecule has 26 heavy (non-hydrogen) atoms. The maximum atomic E-state index is 13.1. The smallest absolute Gasteiger partial charge is 0.418 e. The van der Waals surface area contributed by atoms with Crippen molar-refractivity contribution < 1.29 is 32.0 Å². The van der Waals surface area contributed by atoms with Crippen LogP contribution in [-0.4, -0.2) is 23.1 Å². The van der Waals surface area contributed by atoms with Gasteiger partial charge in [0.2, 0.25) is 0 Å². The highest BCUT2D eigenvalue weighted by Gasteiger charge is 2.35. The number of ether oxygens (including phenoxy) is 1. The number of aryl methyl sites for hydroxylation is 2. The van der Waals surface area contributed by atoms with Crippen LogP contribution in [0.25, 0.3) is 0 Å². The summed E-state index contributed by atoms with van der Waals surface area (Å²) in [6.45, 7) is 4.24. The first kappa shape index (κ1) is 19.8. The second-order valence-electron chi connectivity index (χ2n) is 5.42. The number of hydrogen-bond acceptors (Lipinski definition) is 5. The van der Waals surface area contributed by atoms with Gasteiger partial charge in [-0.15, -0.1) is 0 Å². The molecule has 10 heteroatoms. The van der Waals surface area contributed by atoms with E-state index in [2.05, 4.69) is 10.5 Å². The number of nitrogens with zero attached hydrogens (tertiary/aromatic N) is 1. The van der Waals surface area contributed by atoms with Gasteiger partial charge in [-0.3, -0.25) is 4.79 Å². The second kappa shape index (κ2) is 7.36. The van der Waals surface area contributed by atoms with Gasteiger partial charge in [-0.05, 0) is 39.0 Å². The van der Waals surface area contributed by atoms with Gasteiger partial charge in [0.25, 0.3) is 5.91 Å². The molecule has 0 fully saturated rings. The van der Waals surface area contributed by atoms with Gasteiger partial charge in [0.05, 0.1) is 16.9 Å². The lowest BCUT2D eigenvalue weighted by Crippen LogP contribution is -2.31.